The molecule has 0 atom stereocenters. The van der Waals surface area contributed by atoms with E-state index in [1.807, 2.05) is 0 Å². The average molecular weight is 420 g/mol. The van der Waals surface area contributed by atoms with Crippen molar-refractivity contribution in [2.45, 2.75) is 13.2 Å². The van der Waals surface area contributed by atoms with Crippen molar-refractivity contribution in [1.82, 2.24) is 0 Å². The van der Waals surface area contributed by atoms with E-state index in [1.165, 1.54) is 7.11 Å². The molecule has 3 nitrogen and oxygen atoms in total. The second kappa shape index (κ2) is 7.24. The van der Waals surface area contributed by atoms with E-state index in [0.29, 0.717) is 20.3 Å². The van der Waals surface area contributed by atoms with Gasteiger partial charge in [-0.05, 0) is 55.6 Å². The molecule has 112 valence electrons. The van der Waals surface area contributed by atoms with Gasteiger partial charge in [0, 0.05) is 5.56 Å². The van der Waals surface area contributed by atoms with E-state index in [9.17, 15) is 4.39 Å². The van der Waals surface area contributed by atoms with Gasteiger partial charge in [-0.15, -0.1) is 0 Å². The van der Waals surface area contributed by atoms with E-state index in [-0.39, 0.29) is 19.0 Å². The molecule has 0 bridgehead atoms. The smallest absolute Gasteiger partial charge is 0.171 e. The molecule has 1 N–H and O–H groups in total. The van der Waals surface area contributed by atoms with Gasteiger partial charge in [0.15, 0.2) is 11.6 Å². The minimum atomic E-state index is -0.431. The lowest BCUT2D eigenvalue weighted by molar-refractivity contribution is 0.279. The van der Waals surface area contributed by atoms with Crippen LogP contribution in [0, 0.1) is 5.82 Å². The molecule has 0 unspecified atom stereocenters. The number of aliphatic hydroxyl groups is 1. The Balaban J connectivity index is 2.21. The van der Waals surface area contributed by atoms with Crippen LogP contribution in [0.5, 0.6) is 11.5 Å². The number of hydrogen-bond donors (Lipinski definition) is 1. The molecule has 0 aliphatic heterocycles. The first-order valence-corrected chi connectivity index (χ1v) is 7.68. The zero-order valence-corrected chi connectivity index (χ0v) is 14.4. The predicted molar refractivity (Wildman–Crippen MR) is 85.0 cm³/mol. The minimum Gasteiger partial charge on any atom is -0.494 e. The van der Waals surface area contributed by atoms with Crippen molar-refractivity contribution in [3.63, 3.8) is 0 Å². The van der Waals surface area contributed by atoms with Crippen molar-refractivity contribution in [2.24, 2.45) is 0 Å². The lowest BCUT2D eigenvalue weighted by Crippen LogP contribution is -2.01. The van der Waals surface area contributed by atoms with Crippen molar-refractivity contribution in [2.75, 3.05) is 7.11 Å². The van der Waals surface area contributed by atoms with Gasteiger partial charge in [0.2, 0.25) is 0 Å². The fourth-order valence-electron chi connectivity index (χ4n) is 1.82. The van der Waals surface area contributed by atoms with Gasteiger partial charge in [-0.3, -0.25) is 0 Å². The minimum absolute atomic E-state index is 0.0675. The van der Waals surface area contributed by atoms with Gasteiger partial charge >= 0.3 is 0 Å². The van der Waals surface area contributed by atoms with Crippen molar-refractivity contribution in [1.29, 1.82) is 0 Å². The lowest BCUT2D eigenvalue weighted by Gasteiger charge is -2.13. The molecule has 0 fully saturated rings. The monoisotopic (exact) mass is 418 g/mol. The molecule has 0 heterocycles. The fraction of sp³-hybridized carbons (Fsp3) is 0.200. The Morgan fingerprint density at radius 2 is 1.86 bits per heavy atom. The van der Waals surface area contributed by atoms with E-state index in [1.54, 1.807) is 30.3 Å². The molecule has 0 aromatic heterocycles. The zero-order valence-electron chi connectivity index (χ0n) is 11.2. The van der Waals surface area contributed by atoms with E-state index < -0.39 is 5.82 Å². The predicted octanol–water partition coefficient (Wildman–Crippen LogP) is 4.43. The molecule has 0 aliphatic carbocycles. The van der Waals surface area contributed by atoms with Crippen molar-refractivity contribution < 1.29 is 19.0 Å². The molecule has 2 aromatic rings. The highest BCUT2D eigenvalue weighted by Crippen LogP contribution is 2.35. The molecule has 6 heteroatoms. The maximum absolute atomic E-state index is 14.0. The van der Waals surface area contributed by atoms with Crippen LogP contribution in [0.3, 0.4) is 0 Å². The molecule has 0 amide bonds. The quantitative estimate of drug-likeness (QED) is 0.778. The number of aliphatic hydroxyl groups excluding tert-OH is 1. The van der Waals surface area contributed by atoms with Gasteiger partial charge in [-0.1, -0.05) is 12.1 Å². The summed E-state index contributed by atoms with van der Waals surface area (Å²) in [6.45, 7) is 0.000692. The number of methoxy groups -OCH3 is 1. The van der Waals surface area contributed by atoms with Gasteiger partial charge in [0.05, 0.1) is 22.7 Å². The Kier molecular flexibility index (Phi) is 5.61. The average Bonchev–Trinajstić information content (AvgIpc) is 2.47. The summed E-state index contributed by atoms with van der Waals surface area (Å²) in [5.41, 5.74) is 1.15. The summed E-state index contributed by atoms with van der Waals surface area (Å²) in [6, 6.07) is 8.41. The van der Waals surface area contributed by atoms with Crippen LogP contribution in [-0.4, -0.2) is 12.2 Å². The Bertz CT molecular complexity index is 624. The largest absolute Gasteiger partial charge is 0.494 e. The highest BCUT2D eigenvalue weighted by Gasteiger charge is 2.12. The van der Waals surface area contributed by atoms with Crippen LogP contribution in [0.2, 0.25) is 0 Å². The third kappa shape index (κ3) is 3.75. The molecule has 2 aromatic carbocycles. The van der Waals surface area contributed by atoms with Crippen LogP contribution in [-0.2, 0) is 13.2 Å². The molecule has 0 saturated heterocycles. The first-order chi connectivity index (χ1) is 10.1. The van der Waals surface area contributed by atoms with Gasteiger partial charge in [0.1, 0.15) is 12.4 Å². The number of benzene rings is 2. The standard InChI is InChI=1S/C15H13Br2FO3/c1-20-13-4-2-3-10(14(13)18)8-21-15-11(16)5-9(7-19)6-12(15)17/h2-6,19H,7-8H2,1H3. The van der Waals surface area contributed by atoms with E-state index in [2.05, 4.69) is 31.9 Å². The molecule has 21 heavy (non-hydrogen) atoms. The van der Waals surface area contributed by atoms with Gasteiger partial charge in [-0.25, -0.2) is 4.39 Å². The third-order valence-electron chi connectivity index (χ3n) is 2.88. The van der Waals surface area contributed by atoms with E-state index in [0.717, 1.165) is 5.56 Å². The number of rotatable bonds is 5. The Morgan fingerprint density at radius 1 is 1.19 bits per heavy atom. The van der Waals surface area contributed by atoms with Crippen LogP contribution in [0.15, 0.2) is 39.3 Å². The molecule has 0 radical (unpaired) electrons. The van der Waals surface area contributed by atoms with E-state index >= 15 is 0 Å². The van der Waals surface area contributed by atoms with Crippen molar-refractivity contribution >= 4 is 31.9 Å². The van der Waals surface area contributed by atoms with Gasteiger partial charge < -0.3 is 14.6 Å². The second-order valence-corrected chi connectivity index (χ2v) is 5.98. The lowest BCUT2D eigenvalue weighted by atomic mass is 10.2. The SMILES string of the molecule is COc1cccc(COc2c(Br)cc(CO)cc2Br)c1F. The zero-order chi connectivity index (χ0) is 15.4. The summed E-state index contributed by atoms with van der Waals surface area (Å²) in [6.07, 6.45) is 0. The van der Waals surface area contributed by atoms with Gasteiger partial charge in [-0.2, -0.15) is 0 Å². The summed E-state index contributed by atoms with van der Waals surface area (Å²) in [5.74, 6) is 0.304. The highest BCUT2D eigenvalue weighted by atomic mass is 79.9. The van der Waals surface area contributed by atoms with Crippen molar-refractivity contribution in [3.8, 4) is 11.5 Å². The number of ether oxygens (including phenoxy) is 2. The topological polar surface area (TPSA) is 38.7 Å². The summed E-state index contributed by atoms with van der Waals surface area (Å²) >= 11 is 6.75. The highest BCUT2D eigenvalue weighted by molar-refractivity contribution is 9.11. The first kappa shape index (κ1) is 16.3. The third-order valence-corrected chi connectivity index (χ3v) is 4.05. The van der Waals surface area contributed by atoms with Gasteiger partial charge in [0.25, 0.3) is 0 Å². The molecule has 0 aliphatic rings. The normalized spacial score (nSPS) is 10.5. The molecule has 2 rings (SSSR count). The van der Waals surface area contributed by atoms with Crippen LogP contribution < -0.4 is 9.47 Å². The van der Waals surface area contributed by atoms with Crippen LogP contribution in [0.25, 0.3) is 0 Å². The number of hydrogen-bond acceptors (Lipinski definition) is 3. The molecule has 0 saturated carbocycles. The Morgan fingerprint density at radius 3 is 2.43 bits per heavy atom. The first-order valence-electron chi connectivity index (χ1n) is 6.09. The molecule has 0 spiro atoms. The molecular weight excluding hydrogens is 407 g/mol. The summed E-state index contributed by atoms with van der Waals surface area (Å²) in [5, 5.41) is 9.13. The maximum Gasteiger partial charge on any atom is 0.171 e. The summed E-state index contributed by atoms with van der Waals surface area (Å²) in [7, 11) is 1.42. The van der Waals surface area contributed by atoms with Crippen LogP contribution in [0.4, 0.5) is 4.39 Å². The maximum atomic E-state index is 14.0. The number of halogens is 3. The Labute approximate surface area is 139 Å². The summed E-state index contributed by atoms with van der Waals surface area (Å²) < 4.78 is 26.0. The van der Waals surface area contributed by atoms with Crippen molar-refractivity contribution in [3.05, 3.63) is 56.2 Å². The van der Waals surface area contributed by atoms with Crippen LogP contribution in [0.1, 0.15) is 11.1 Å². The fourth-order valence-corrected chi connectivity index (χ4v) is 3.33. The molecular formula is C15H13Br2FO3. The Hall–Kier alpha value is -1.11. The van der Waals surface area contributed by atoms with Crippen LogP contribution >= 0.6 is 31.9 Å². The second-order valence-electron chi connectivity index (χ2n) is 4.27. The summed E-state index contributed by atoms with van der Waals surface area (Å²) in [4.78, 5) is 0. The van der Waals surface area contributed by atoms with E-state index in [4.69, 9.17) is 14.6 Å².